The average molecular weight is 320 g/mol. The first-order valence-electron chi connectivity index (χ1n) is 4.74. The van der Waals surface area contributed by atoms with E-state index in [9.17, 15) is 0 Å². The van der Waals surface area contributed by atoms with E-state index in [4.69, 9.17) is 0 Å². The smallest absolute Gasteiger partial charge is 0.140 e. The minimum Gasteiger partial charge on any atom is -0.366 e. The minimum atomic E-state index is 0.597. The van der Waals surface area contributed by atoms with E-state index in [1.54, 1.807) is 0 Å². The van der Waals surface area contributed by atoms with E-state index in [1.807, 2.05) is 12.3 Å². The fourth-order valence-corrected chi connectivity index (χ4v) is 2.68. The van der Waals surface area contributed by atoms with E-state index >= 15 is 0 Å². The molecular formula is C10H12Br2N2. The number of nitrogens with zero attached hydrogens (tertiary/aromatic N) is 1. The van der Waals surface area contributed by atoms with Crippen molar-refractivity contribution in [1.29, 1.82) is 0 Å². The molecule has 0 bridgehead atoms. The lowest BCUT2D eigenvalue weighted by molar-refractivity contribution is 0.303. The highest BCUT2D eigenvalue weighted by atomic mass is 79.9. The van der Waals surface area contributed by atoms with Gasteiger partial charge in [0.15, 0.2) is 0 Å². The lowest BCUT2D eigenvalue weighted by atomic mass is 9.81. The molecule has 0 amide bonds. The molecule has 2 nitrogen and oxygen atoms in total. The van der Waals surface area contributed by atoms with Gasteiger partial charge in [0.1, 0.15) is 5.82 Å². The molecule has 0 spiro atoms. The van der Waals surface area contributed by atoms with Crippen molar-refractivity contribution in [1.82, 2.24) is 4.98 Å². The minimum absolute atomic E-state index is 0.597. The van der Waals surface area contributed by atoms with Crippen LogP contribution in [0, 0.1) is 5.92 Å². The largest absolute Gasteiger partial charge is 0.366 e. The third-order valence-corrected chi connectivity index (χ3v) is 3.79. The fourth-order valence-electron chi connectivity index (χ4n) is 1.58. The normalized spacial score (nSPS) is 25.6. The van der Waals surface area contributed by atoms with Crippen molar-refractivity contribution in [3.63, 3.8) is 0 Å². The molecule has 1 fully saturated rings. The van der Waals surface area contributed by atoms with Crippen LogP contribution in [0.2, 0.25) is 0 Å². The maximum atomic E-state index is 4.33. The summed E-state index contributed by atoms with van der Waals surface area (Å²) in [6.45, 7) is 2.27. The summed E-state index contributed by atoms with van der Waals surface area (Å²) in [4.78, 5) is 4.33. The molecule has 76 valence electrons. The average Bonchev–Trinajstić information content (AvgIpc) is 2.14. The first-order valence-corrected chi connectivity index (χ1v) is 6.33. The summed E-state index contributed by atoms with van der Waals surface area (Å²) >= 11 is 6.88. The van der Waals surface area contributed by atoms with Crippen LogP contribution in [0.5, 0.6) is 0 Å². The zero-order chi connectivity index (χ0) is 10.1. The molecule has 1 saturated carbocycles. The van der Waals surface area contributed by atoms with Crippen LogP contribution in [0.3, 0.4) is 0 Å². The standard InChI is InChI=1S/C10H12Br2N2/c1-6-2-3-9(6)14-10-8(12)4-7(11)5-13-10/h4-6,9H,2-3H2,1H3,(H,13,14). The van der Waals surface area contributed by atoms with E-state index in [0.717, 1.165) is 20.7 Å². The van der Waals surface area contributed by atoms with Crippen LogP contribution in [-0.4, -0.2) is 11.0 Å². The first-order chi connectivity index (χ1) is 6.66. The lowest BCUT2D eigenvalue weighted by Gasteiger charge is -2.35. The molecule has 1 aromatic heterocycles. The van der Waals surface area contributed by atoms with Gasteiger partial charge < -0.3 is 5.32 Å². The third kappa shape index (κ3) is 2.11. The van der Waals surface area contributed by atoms with Crippen LogP contribution in [0.15, 0.2) is 21.2 Å². The Kier molecular flexibility index (Phi) is 3.12. The van der Waals surface area contributed by atoms with E-state index in [2.05, 4.69) is 49.1 Å². The third-order valence-electron chi connectivity index (χ3n) is 2.75. The van der Waals surface area contributed by atoms with Gasteiger partial charge >= 0.3 is 0 Å². The molecule has 1 N–H and O–H groups in total. The Bertz CT molecular complexity index is 341. The molecule has 0 saturated heterocycles. The summed E-state index contributed by atoms with van der Waals surface area (Å²) in [6, 6.07) is 2.61. The number of hydrogen-bond acceptors (Lipinski definition) is 2. The maximum Gasteiger partial charge on any atom is 0.140 e. The van der Waals surface area contributed by atoms with Gasteiger partial charge in [0.05, 0.1) is 4.47 Å². The molecule has 2 rings (SSSR count). The maximum absolute atomic E-state index is 4.33. The molecule has 0 aromatic carbocycles. The number of aromatic nitrogens is 1. The number of rotatable bonds is 2. The summed E-state index contributed by atoms with van der Waals surface area (Å²) in [7, 11) is 0. The van der Waals surface area contributed by atoms with Crippen molar-refractivity contribution in [2.45, 2.75) is 25.8 Å². The van der Waals surface area contributed by atoms with Crippen LogP contribution in [-0.2, 0) is 0 Å². The van der Waals surface area contributed by atoms with Gasteiger partial charge in [-0.05, 0) is 56.7 Å². The molecule has 14 heavy (non-hydrogen) atoms. The van der Waals surface area contributed by atoms with Gasteiger partial charge in [-0.1, -0.05) is 6.92 Å². The van der Waals surface area contributed by atoms with Gasteiger partial charge in [-0.3, -0.25) is 0 Å². The van der Waals surface area contributed by atoms with Crippen LogP contribution in [0.4, 0.5) is 5.82 Å². The summed E-state index contributed by atoms with van der Waals surface area (Å²) < 4.78 is 2.02. The summed E-state index contributed by atoms with van der Waals surface area (Å²) in [5.41, 5.74) is 0. The Hall–Kier alpha value is -0.0900. The second kappa shape index (κ2) is 4.19. The molecular weight excluding hydrogens is 308 g/mol. The van der Waals surface area contributed by atoms with Gasteiger partial charge in [-0.15, -0.1) is 0 Å². The van der Waals surface area contributed by atoms with Crippen molar-refractivity contribution < 1.29 is 0 Å². The predicted molar refractivity (Wildman–Crippen MR) is 65.4 cm³/mol. The predicted octanol–water partition coefficient (Wildman–Crippen LogP) is 3.82. The second-order valence-corrected chi connectivity index (χ2v) is 5.56. The van der Waals surface area contributed by atoms with Crippen molar-refractivity contribution in [2.75, 3.05) is 5.32 Å². The summed E-state index contributed by atoms with van der Waals surface area (Å²) in [5.74, 6) is 1.72. The summed E-state index contributed by atoms with van der Waals surface area (Å²) in [6.07, 6.45) is 4.40. The SMILES string of the molecule is CC1CCC1Nc1ncc(Br)cc1Br. The van der Waals surface area contributed by atoms with E-state index in [0.29, 0.717) is 6.04 Å². The quantitative estimate of drug-likeness (QED) is 0.896. The Balaban J connectivity index is 2.09. The molecule has 1 heterocycles. The van der Waals surface area contributed by atoms with Gasteiger partial charge in [0, 0.05) is 16.7 Å². The fraction of sp³-hybridized carbons (Fsp3) is 0.500. The first kappa shape index (κ1) is 10.4. The second-order valence-electron chi connectivity index (χ2n) is 3.79. The van der Waals surface area contributed by atoms with Crippen molar-refractivity contribution >= 4 is 37.7 Å². The van der Waals surface area contributed by atoms with Gasteiger partial charge in [0.2, 0.25) is 0 Å². The highest BCUT2D eigenvalue weighted by Crippen LogP contribution is 2.32. The molecule has 0 radical (unpaired) electrons. The van der Waals surface area contributed by atoms with Gasteiger partial charge in [-0.25, -0.2) is 4.98 Å². The van der Waals surface area contributed by atoms with Crippen molar-refractivity contribution in [3.8, 4) is 0 Å². The van der Waals surface area contributed by atoms with Crippen LogP contribution in [0.1, 0.15) is 19.8 Å². The molecule has 1 aromatic rings. The Morgan fingerprint density at radius 1 is 1.43 bits per heavy atom. The molecule has 1 aliphatic rings. The molecule has 4 heteroatoms. The van der Waals surface area contributed by atoms with Crippen LogP contribution >= 0.6 is 31.9 Å². The highest BCUT2D eigenvalue weighted by molar-refractivity contribution is 9.11. The highest BCUT2D eigenvalue weighted by Gasteiger charge is 2.27. The number of halogens is 2. The number of pyridine rings is 1. The molecule has 2 unspecified atom stereocenters. The Labute approximate surface area is 101 Å². The molecule has 0 aliphatic heterocycles. The van der Waals surface area contributed by atoms with E-state index in [-0.39, 0.29) is 0 Å². The van der Waals surface area contributed by atoms with Gasteiger partial charge in [0.25, 0.3) is 0 Å². The summed E-state index contributed by atoms with van der Waals surface area (Å²) in [5, 5.41) is 3.44. The molecule has 2 atom stereocenters. The van der Waals surface area contributed by atoms with Crippen LogP contribution < -0.4 is 5.32 Å². The molecule has 1 aliphatic carbocycles. The lowest BCUT2D eigenvalue weighted by Crippen LogP contribution is -2.36. The van der Waals surface area contributed by atoms with Crippen LogP contribution in [0.25, 0.3) is 0 Å². The zero-order valence-corrected chi connectivity index (χ0v) is 11.1. The number of nitrogens with one attached hydrogen (secondary N) is 1. The van der Waals surface area contributed by atoms with E-state index < -0.39 is 0 Å². The Morgan fingerprint density at radius 2 is 2.21 bits per heavy atom. The Morgan fingerprint density at radius 3 is 2.71 bits per heavy atom. The number of hydrogen-bond donors (Lipinski definition) is 1. The zero-order valence-electron chi connectivity index (χ0n) is 7.93. The topological polar surface area (TPSA) is 24.9 Å². The van der Waals surface area contributed by atoms with Crippen molar-refractivity contribution in [2.24, 2.45) is 5.92 Å². The monoisotopic (exact) mass is 318 g/mol. The van der Waals surface area contributed by atoms with Crippen molar-refractivity contribution in [3.05, 3.63) is 21.2 Å². The van der Waals surface area contributed by atoms with Gasteiger partial charge in [-0.2, -0.15) is 0 Å². The number of anilines is 1. The van der Waals surface area contributed by atoms with E-state index in [1.165, 1.54) is 12.8 Å².